The molecule has 0 bridgehead atoms. The maximum Gasteiger partial charge on any atom is 0.151 e. The van der Waals surface area contributed by atoms with Gasteiger partial charge in [0.1, 0.15) is 0 Å². The van der Waals surface area contributed by atoms with Gasteiger partial charge < -0.3 is 10.6 Å². The number of hydrogen-bond acceptors (Lipinski definition) is 4. The quantitative estimate of drug-likeness (QED) is 0.881. The van der Waals surface area contributed by atoms with Crippen LogP contribution >= 0.6 is 0 Å². The normalized spacial score (nSPS) is 24.2. The molecular weight excluding hydrogens is 238 g/mol. The molecule has 3 heterocycles. The average Bonchev–Trinajstić information content (AvgIpc) is 2.94. The topological polar surface area (TPSA) is 50.3 Å². The minimum Gasteiger partial charge on any atom is -0.394 e. The number of fused-ring (bicyclic) bond motifs is 1. The van der Waals surface area contributed by atoms with Gasteiger partial charge in [-0.1, -0.05) is 0 Å². The fourth-order valence-electron chi connectivity index (χ4n) is 3.41. The maximum atomic E-state index is 6.27. The zero-order valence-corrected chi connectivity index (χ0v) is 12.3. The number of rotatable bonds is 2. The van der Waals surface area contributed by atoms with Crippen LogP contribution in [-0.2, 0) is 0 Å². The molecule has 0 aliphatic carbocycles. The van der Waals surface area contributed by atoms with Crippen molar-refractivity contribution in [3.05, 3.63) is 5.69 Å². The third kappa shape index (κ3) is 2.10. The van der Waals surface area contributed by atoms with Crippen molar-refractivity contribution < 1.29 is 0 Å². The van der Waals surface area contributed by atoms with E-state index < -0.39 is 0 Å². The largest absolute Gasteiger partial charge is 0.394 e. The van der Waals surface area contributed by atoms with Crippen molar-refractivity contribution >= 4 is 11.5 Å². The molecule has 3 rings (SSSR count). The number of piperazine rings is 1. The van der Waals surface area contributed by atoms with Gasteiger partial charge in [-0.15, -0.1) is 0 Å². The maximum absolute atomic E-state index is 6.27. The molecule has 2 saturated heterocycles. The summed E-state index contributed by atoms with van der Waals surface area (Å²) in [7, 11) is 0. The van der Waals surface area contributed by atoms with Gasteiger partial charge in [0.25, 0.3) is 0 Å². The second-order valence-electron chi connectivity index (χ2n) is 6.14. The monoisotopic (exact) mass is 263 g/mol. The molecule has 0 spiro atoms. The van der Waals surface area contributed by atoms with Crippen LogP contribution in [0.3, 0.4) is 0 Å². The van der Waals surface area contributed by atoms with E-state index in [1.165, 1.54) is 19.4 Å². The molecule has 19 heavy (non-hydrogen) atoms. The number of aryl methyl sites for hydroxylation is 1. The summed E-state index contributed by atoms with van der Waals surface area (Å²) in [5, 5.41) is 4.61. The molecule has 2 aliphatic rings. The van der Waals surface area contributed by atoms with Crippen LogP contribution in [0, 0.1) is 6.92 Å². The lowest BCUT2D eigenvalue weighted by Crippen LogP contribution is -2.50. The van der Waals surface area contributed by atoms with Gasteiger partial charge in [-0.25, -0.2) is 4.68 Å². The first-order valence-electron chi connectivity index (χ1n) is 7.41. The van der Waals surface area contributed by atoms with E-state index in [1.54, 1.807) is 0 Å². The third-order valence-corrected chi connectivity index (χ3v) is 4.48. The van der Waals surface area contributed by atoms with E-state index in [-0.39, 0.29) is 0 Å². The van der Waals surface area contributed by atoms with Gasteiger partial charge >= 0.3 is 0 Å². The first-order chi connectivity index (χ1) is 9.08. The van der Waals surface area contributed by atoms with Crippen LogP contribution in [0.5, 0.6) is 0 Å². The van der Waals surface area contributed by atoms with Crippen LogP contribution in [-0.4, -0.2) is 46.9 Å². The molecule has 0 aromatic carbocycles. The summed E-state index contributed by atoms with van der Waals surface area (Å²) in [5.41, 5.74) is 8.09. The van der Waals surface area contributed by atoms with E-state index >= 15 is 0 Å². The van der Waals surface area contributed by atoms with E-state index in [1.807, 2.05) is 6.92 Å². The second-order valence-corrected chi connectivity index (χ2v) is 6.14. The number of anilines is 2. The van der Waals surface area contributed by atoms with Crippen LogP contribution in [0.1, 0.15) is 38.4 Å². The Bertz CT molecular complexity index is 465. The molecule has 5 heteroatoms. The highest BCUT2D eigenvalue weighted by Crippen LogP contribution is 2.32. The first kappa shape index (κ1) is 12.8. The fraction of sp³-hybridized carbons (Fsp3) is 0.786. The summed E-state index contributed by atoms with van der Waals surface area (Å²) in [6.07, 6.45) is 2.67. The van der Waals surface area contributed by atoms with Gasteiger partial charge in [0.05, 0.1) is 11.4 Å². The first-order valence-corrected chi connectivity index (χ1v) is 7.41. The molecular formula is C14H25N5. The Morgan fingerprint density at radius 2 is 2.05 bits per heavy atom. The van der Waals surface area contributed by atoms with E-state index in [0.29, 0.717) is 12.1 Å². The number of nitrogen functional groups attached to an aromatic ring is 1. The lowest BCUT2D eigenvalue weighted by Gasteiger charge is -2.39. The Morgan fingerprint density at radius 3 is 2.79 bits per heavy atom. The van der Waals surface area contributed by atoms with Crippen molar-refractivity contribution in [1.29, 1.82) is 0 Å². The summed E-state index contributed by atoms with van der Waals surface area (Å²) >= 11 is 0. The van der Waals surface area contributed by atoms with E-state index in [0.717, 1.165) is 36.8 Å². The Hall–Kier alpha value is -1.23. The summed E-state index contributed by atoms with van der Waals surface area (Å²) in [4.78, 5) is 5.07. The van der Waals surface area contributed by atoms with E-state index in [2.05, 4.69) is 33.4 Å². The van der Waals surface area contributed by atoms with Gasteiger partial charge in [-0.3, -0.25) is 4.90 Å². The zero-order chi connectivity index (χ0) is 13.6. The molecule has 2 aliphatic heterocycles. The Kier molecular flexibility index (Phi) is 3.17. The summed E-state index contributed by atoms with van der Waals surface area (Å²) in [6, 6.07) is 1.07. The van der Waals surface area contributed by atoms with Crippen molar-refractivity contribution in [2.24, 2.45) is 0 Å². The molecule has 0 saturated carbocycles. The highest BCUT2D eigenvalue weighted by Gasteiger charge is 2.33. The van der Waals surface area contributed by atoms with Gasteiger partial charge in [0.15, 0.2) is 5.82 Å². The molecule has 1 aromatic rings. The minimum atomic E-state index is 0.354. The van der Waals surface area contributed by atoms with Crippen molar-refractivity contribution in [1.82, 2.24) is 14.7 Å². The van der Waals surface area contributed by atoms with Crippen LogP contribution < -0.4 is 10.6 Å². The zero-order valence-electron chi connectivity index (χ0n) is 12.3. The van der Waals surface area contributed by atoms with Gasteiger partial charge in [0.2, 0.25) is 0 Å². The predicted octanol–water partition coefficient (Wildman–Crippen LogP) is 1.64. The average molecular weight is 263 g/mol. The molecule has 1 aromatic heterocycles. The van der Waals surface area contributed by atoms with Crippen molar-refractivity contribution in [3.8, 4) is 0 Å². The second kappa shape index (κ2) is 4.71. The Morgan fingerprint density at radius 1 is 1.26 bits per heavy atom. The highest BCUT2D eigenvalue weighted by atomic mass is 15.4. The third-order valence-electron chi connectivity index (χ3n) is 4.48. The predicted molar refractivity (Wildman–Crippen MR) is 78.6 cm³/mol. The SMILES string of the molecule is Cc1nn(C(C)C)c(N2CCN3CCCC3C2)c1N. The fourth-order valence-corrected chi connectivity index (χ4v) is 3.41. The Balaban J connectivity index is 1.89. The Labute approximate surface area is 115 Å². The molecule has 2 N–H and O–H groups in total. The molecule has 1 unspecified atom stereocenters. The van der Waals surface area contributed by atoms with Crippen molar-refractivity contribution in [3.63, 3.8) is 0 Å². The van der Waals surface area contributed by atoms with E-state index in [9.17, 15) is 0 Å². The molecule has 5 nitrogen and oxygen atoms in total. The lowest BCUT2D eigenvalue weighted by molar-refractivity contribution is 0.229. The summed E-state index contributed by atoms with van der Waals surface area (Å²) < 4.78 is 2.09. The van der Waals surface area contributed by atoms with Crippen LogP contribution in [0.4, 0.5) is 11.5 Å². The molecule has 2 fully saturated rings. The van der Waals surface area contributed by atoms with Crippen LogP contribution in [0.25, 0.3) is 0 Å². The molecule has 0 radical (unpaired) electrons. The molecule has 1 atom stereocenters. The van der Waals surface area contributed by atoms with Crippen molar-refractivity contribution in [2.75, 3.05) is 36.8 Å². The van der Waals surface area contributed by atoms with Crippen LogP contribution in [0.2, 0.25) is 0 Å². The molecule has 0 amide bonds. The summed E-state index contributed by atoms with van der Waals surface area (Å²) in [5.74, 6) is 1.14. The van der Waals surface area contributed by atoms with Crippen LogP contribution in [0.15, 0.2) is 0 Å². The van der Waals surface area contributed by atoms with Gasteiger partial charge in [-0.2, -0.15) is 5.10 Å². The lowest BCUT2D eigenvalue weighted by atomic mass is 10.1. The number of nitrogens with zero attached hydrogens (tertiary/aromatic N) is 4. The standard InChI is InChI=1S/C14H25N5/c1-10(2)19-14(13(15)11(3)16-19)18-8-7-17-6-4-5-12(17)9-18/h10,12H,4-9,15H2,1-3H3. The number of nitrogens with two attached hydrogens (primary N) is 1. The van der Waals surface area contributed by atoms with E-state index in [4.69, 9.17) is 5.73 Å². The minimum absolute atomic E-state index is 0.354. The highest BCUT2D eigenvalue weighted by molar-refractivity contribution is 5.66. The van der Waals surface area contributed by atoms with Crippen molar-refractivity contribution in [2.45, 2.75) is 45.7 Å². The van der Waals surface area contributed by atoms with Gasteiger partial charge in [0, 0.05) is 31.7 Å². The molecule has 106 valence electrons. The number of hydrogen-bond donors (Lipinski definition) is 1. The smallest absolute Gasteiger partial charge is 0.151 e. The van der Waals surface area contributed by atoms with Gasteiger partial charge in [-0.05, 0) is 40.2 Å². The summed E-state index contributed by atoms with van der Waals surface area (Å²) in [6.45, 7) is 10.9. The number of aromatic nitrogens is 2.